The number of hydrogen-bond donors (Lipinski definition) is 1. The summed E-state index contributed by atoms with van der Waals surface area (Å²) in [5, 5.41) is 3.16. The molecule has 0 radical (unpaired) electrons. The minimum Gasteiger partial charge on any atom is -0.350 e. The summed E-state index contributed by atoms with van der Waals surface area (Å²) in [6.45, 7) is 5.29. The van der Waals surface area contributed by atoms with Crippen LogP contribution in [0.15, 0.2) is 30.6 Å². The van der Waals surface area contributed by atoms with Gasteiger partial charge in [0, 0.05) is 38.2 Å². The van der Waals surface area contributed by atoms with E-state index in [0.29, 0.717) is 18.2 Å². The predicted octanol–water partition coefficient (Wildman–Crippen LogP) is 2.66. The fourth-order valence-electron chi connectivity index (χ4n) is 2.13. The second kappa shape index (κ2) is 8.22. The average molecular weight is 313 g/mol. The molecule has 0 fully saturated rings. The van der Waals surface area contributed by atoms with Crippen molar-refractivity contribution in [2.24, 2.45) is 0 Å². The maximum absolute atomic E-state index is 12.4. The highest BCUT2D eigenvalue weighted by molar-refractivity contribution is 5.92. The van der Waals surface area contributed by atoms with E-state index < -0.39 is 0 Å². The molecule has 6 heteroatoms. The van der Waals surface area contributed by atoms with Crippen molar-refractivity contribution >= 4 is 11.9 Å². The van der Waals surface area contributed by atoms with E-state index in [1.807, 2.05) is 19.1 Å². The summed E-state index contributed by atoms with van der Waals surface area (Å²) in [5.74, 6) is 0.393. The van der Waals surface area contributed by atoms with Gasteiger partial charge in [-0.2, -0.15) is 0 Å². The molecule has 2 aromatic heterocycles. The highest BCUT2D eigenvalue weighted by atomic mass is 16.2. The van der Waals surface area contributed by atoms with E-state index in [1.165, 1.54) is 0 Å². The molecule has 0 saturated carbocycles. The van der Waals surface area contributed by atoms with Crippen molar-refractivity contribution < 1.29 is 4.79 Å². The zero-order valence-electron chi connectivity index (χ0n) is 13.9. The number of carbonyl (C=O) groups excluding carboxylic acids is 1. The molecular weight excluding hydrogens is 290 g/mol. The van der Waals surface area contributed by atoms with Gasteiger partial charge in [0.05, 0.1) is 0 Å². The Morgan fingerprint density at radius 3 is 2.70 bits per heavy atom. The first-order valence-corrected chi connectivity index (χ1v) is 7.84. The van der Waals surface area contributed by atoms with Gasteiger partial charge >= 0.3 is 0 Å². The fraction of sp³-hybridized carbons (Fsp3) is 0.412. The molecule has 2 rings (SSSR count). The lowest BCUT2D eigenvalue weighted by Crippen LogP contribution is -2.28. The summed E-state index contributed by atoms with van der Waals surface area (Å²) in [4.78, 5) is 26.8. The number of hydrogen-bond acceptors (Lipinski definition) is 5. The number of pyridine rings is 1. The van der Waals surface area contributed by atoms with Gasteiger partial charge in [0.1, 0.15) is 5.69 Å². The van der Waals surface area contributed by atoms with Crippen molar-refractivity contribution in [3.8, 4) is 0 Å². The number of nitrogens with one attached hydrogen (secondary N) is 1. The Labute approximate surface area is 137 Å². The first-order valence-electron chi connectivity index (χ1n) is 7.84. The minimum absolute atomic E-state index is 0.0732. The summed E-state index contributed by atoms with van der Waals surface area (Å²) in [6, 6.07) is 5.57. The molecule has 0 bridgehead atoms. The molecule has 122 valence electrons. The van der Waals surface area contributed by atoms with Crippen molar-refractivity contribution in [1.82, 2.24) is 19.9 Å². The molecule has 0 aliphatic rings. The molecule has 2 heterocycles. The van der Waals surface area contributed by atoms with Gasteiger partial charge in [-0.3, -0.25) is 9.78 Å². The lowest BCUT2D eigenvalue weighted by Gasteiger charge is -2.17. The highest BCUT2D eigenvalue weighted by Gasteiger charge is 2.14. The Kier molecular flexibility index (Phi) is 6.02. The molecule has 23 heavy (non-hydrogen) atoms. The predicted molar refractivity (Wildman–Crippen MR) is 90.2 cm³/mol. The number of aryl methyl sites for hydroxylation is 1. The molecule has 0 atom stereocenters. The number of anilines is 1. The van der Waals surface area contributed by atoms with Crippen LogP contribution in [0.25, 0.3) is 0 Å². The lowest BCUT2D eigenvalue weighted by molar-refractivity contribution is 0.0787. The van der Waals surface area contributed by atoms with Crippen LogP contribution in [0.5, 0.6) is 0 Å². The second-order valence-electron chi connectivity index (χ2n) is 5.51. The first kappa shape index (κ1) is 16.9. The number of nitrogens with zero attached hydrogens (tertiary/aromatic N) is 4. The van der Waals surface area contributed by atoms with E-state index in [2.05, 4.69) is 27.2 Å². The van der Waals surface area contributed by atoms with Crippen molar-refractivity contribution in [2.45, 2.75) is 33.2 Å². The van der Waals surface area contributed by atoms with Crippen LogP contribution in [0.1, 0.15) is 41.5 Å². The third kappa shape index (κ3) is 5.02. The smallest absolute Gasteiger partial charge is 0.272 e. The van der Waals surface area contributed by atoms with Gasteiger partial charge < -0.3 is 10.2 Å². The number of aromatic nitrogens is 3. The van der Waals surface area contributed by atoms with Crippen molar-refractivity contribution in [1.29, 1.82) is 0 Å². The average Bonchev–Trinajstić information content (AvgIpc) is 2.57. The van der Waals surface area contributed by atoms with E-state index in [-0.39, 0.29) is 5.91 Å². The van der Waals surface area contributed by atoms with E-state index in [0.717, 1.165) is 30.6 Å². The zero-order valence-corrected chi connectivity index (χ0v) is 13.9. The van der Waals surface area contributed by atoms with Crippen LogP contribution in [-0.2, 0) is 6.54 Å². The molecule has 1 N–H and O–H groups in total. The fourth-order valence-corrected chi connectivity index (χ4v) is 2.13. The Morgan fingerprint density at radius 2 is 2.00 bits per heavy atom. The summed E-state index contributed by atoms with van der Waals surface area (Å²) in [7, 11) is 1.81. The normalized spacial score (nSPS) is 10.4. The molecule has 0 aliphatic carbocycles. The molecular formula is C17H23N5O. The lowest BCUT2D eigenvalue weighted by atomic mass is 10.2. The molecule has 0 aromatic carbocycles. The second-order valence-corrected chi connectivity index (χ2v) is 5.51. The van der Waals surface area contributed by atoms with Crippen molar-refractivity contribution in [3.63, 3.8) is 0 Å². The van der Waals surface area contributed by atoms with E-state index >= 15 is 0 Å². The quantitative estimate of drug-likeness (QED) is 0.851. The van der Waals surface area contributed by atoms with Gasteiger partial charge in [-0.25, -0.2) is 9.97 Å². The topological polar surface area (TPSA) is 71.0 Å². The third-order valence-electron chi connectivity index (χ3n) is 3.47. The summed E-state index contributed by atoms with van der Waals surface area (Å²) < 4.78 is 0. The van der Waals surface area contributed by atoms with Crippen LogP contribution in [0, 0.1) is 6.92 Å². The zero-order chi connectivity index (χ0) is 16.7. The summed E-state index contributed by atoms with van der Waals surface area (Å²) in [6.07, 6.45) is 5.52. The third-order valence-corrected chi connectivity index (χ3v) is 3.47. The first-order chi connectivity index (χ1) is 11.1. The molecule has 0 unspecified atom stereocenters. The molecule has 1 amide bonds. The van der Waals surface area contributed by atoms with Gasteiger partial charge in [0.25, 0.3) is 5.91 Å². The Hall–Kier alpha value is -2.50. The maximum atomic E-state index is 12.4. The van der Waals surface area contributed by atoms with Gasteiger partial charge in [-0.1, -0.05) is 13.3 Å². The molecule has 0 spiro atoms. The van der Waals surface area contributed by atoms with Crippen LogP contribution >= 0.6 is 0 Å². The number of unbranched alkanes of at least 4 members (excludes halogenated alkanes) is 1. The number of amides is 1. The highest BCUT2D eigenvalue weighted by Crippen LogP contribution is 2.09. The molecule has 0 saturated heterocycles. The van der Waals surface area contributed by atoms with Crippen LogP contribution in [0.4, 0.5) is 5.95 Å². The van der Waals surface area contributed by atoms with Gasteiger partial charge in [-0.15, -0.1) is 0 Å². The Morgan fingerprint density at radius 1 is 1.26 bits per heavy atom. The summed E-state index contributed by atoms with van der Waals surface area (Å²) >= 11 is 0. The SMILES string of the molecule is CCCCN(C)C(=O)c1cc(C)nc(NCc2ccncc2)n1. The summed E-state index contributed by atoms with van der Waals surface area (Å²) in [5.41, 5.74) is 2.27. The maximum Gasteiger partial charge on any atom is 0.272 e. The van der Waals surface area contributed by atoms with E-state index in [9.17, 15) is 4.79 Å². The van der Waals surface area contributed by atoms with Gasteiger partial charge in [0.2, 0.25) is 5.95 Å². The van der Waals surface area contributed by atoms with Crippen LogP contribution < -0.4 is 5.32 Å². The van der Waals surface area contributed by atoms with E-state index in [1.54, 1.807) is 30.4 Å². The van der Waals surface area contributed by atoms with Crippen molar-refractivity contribution in [3.05, 3.63) is 47.5 Å². The molecule has 0 aliphatic heterocycles. The van der Waals surface area contributed by atoms with E-state index in [4.69, 9.17) is 0 Å². The van der Waals surface area contributed by atoms with Crippen LogP contribution in [0.2, 0.25) is 0 Å². The molecule has 2 aromatic rings. The van der Waals surface area contributed by atoms with Crippen LogP contribution in [-0.4, -0.2) is 39.4 Å². The number of carbonyl (C=O) groups is 1. The van der Waals surface area contributed by atoms with Gasteiger partial charge in [-0.05, 0) is 37.1 Å². The standard InChI is InChI=1S/C17H23N5O/c1-4-5-10-22(3)16(23)15-11-13(2)20-17(21-15)19-12-14-6-8-18-9-7-14/h6-9,11H,4-5,10,12H2,1-3H3,(H,19,20,21). The minimum atomic E-state index is -0.0732. The largest absolute Gasteiger partial charge is 0.350 e. The van der Waals surface area contributed by atoms with Crippen LogP contribution in [0.3, 0.4) is 0 Å². The Balaban J connectivity index is 2.07. The monoisotopic (exact) mass is 313 g/mol. The Bertz CT molecular complexity index is 645. The molecule has 6 nitrogen and oxygen atoms in total. The number of rotatable bonds is 7. The van der Waals surface area contributed by atoms with Gasteiger partial charge in [0.15, 0.2) is 0 Å². The van der Waals surface area contributed by atoms with Crippen molar-refractivity contribution in [2.75, 3.05) is 18.9 Å².